The van der Waals surface area contributed by atoms with Gasteiger partial charge in [-0.05, 0) is 42.7 Å². The number of nitrogens with zero attached hydrogens (tertiary/aromatic N) is 1. The van der Waals surface area contributed by atoms with Crippen LogP contribution < -0.4 is 5.32 Å². The highest BCUT2D eigenvalue weighted by Crippen LogP contribution is 2.19. The number of likely N-dealkylation sites (N-methyl/N-ethyl adjacent to an activating group) is 1. The summed E-state index contributed by atoms with van der Waals surface area (Å²) in [6.45, 7) is 1.97. The van der Waals surface area contributed by atoms with E-state index in [1.165, 1.54) is 4.90 Å². The molecule has 4 nitrogen and oxygen atoms in total. The van der Waals surface area contributed by atoms with Crippen molar-refractivity contribution in [2.45, 2.75) is 19.8 Å². The maximum Gasteiger partial charge on any atom is 0.243 e. The molecule has 0 aliphatic heterocycles. The first kappa shape index (κ1) is 18.2. The van der Waals surface area contributed by atoms with E-state index >= 15 is 0 Å². The number of carbonyl (C=O) groups is 2. The highest BCUT2D eigenvalue weighted by atomic mass is 79.9. The van der Waals surface area contributed by atoms with Crippen molar-refractivity contribution in [1.82, 2.24) is 4.90 Å². The van der Waals surface area contributed by atoms with Crippen molar-refractivity contribution in [3.05, 3.63) is 64.1 Å². The van der Waals surface area contributed by atoms with Gasteiger partial charge in [0.05, 0.1) is 6.54 Å². The van der Waals surface area contributed by atoms with E-state index in [1.807, 2.05) is 55.5 Å². The molecule has 5 heteroatoms. The fraction of sp³-hybridized carbons (Fsp3) is 0.263. The minimum absolute atomic E-state index is 0.0402. The van der Waals surface area contributed by atoms with Gasteiger partial charge in [-0.2, -0.15) is 0 Å². The third-order valence-corrected chi connectivity index (χ3v) is 4.23. The second-order valence-electron chi connectivity index (χ2n) is 5.74. The van der Waals surface area contributed by atoms with Crippen LogP contribution in [0.3, 0.4) is 0 Å². The minimum Gasteiger partial charge on any atom is -0.336 e. The zero-order valence-corrected chi connectivity index (χ0v) is 15.5. The highest BCUT2D eigenvalue weighted by molar-refractivity contribution is 9.10. The molecular formula is C19H21BrN2O2. The van der Waals surface area contributed by atoms with Crippen molar-refractivity contribution in [3.63, 3.8) is 0 Å². The number of nitrogens with one attached hydrogen (secondary N) is 1. The highest BCUT2D eigenvalue weighted by Gasteiger charge is 2.13. The lowest BCUT2D eigenvalue weighted by molar-refractivity contribution is -0.133. The Morgan fingerprint density at radius 3 is 2.50 bits per heavy atom. The standard InChI is InChI=1S/C19H21BrN2O2/c1-14-12-16(20)9-10-17(14)21-18(23)13-22(2)19(24)11-8-15-6-4-3-5-7-15/h3-7,9-10,12H,8,11,13H2,1-2H3,(H,21,23). The molecular weight excluding hydrogens is 368 g/mol. The number of carbonyl (C=O) groups excluding carboxylic acids is 2. The van der Waals surface area contributed by atoms with Crippen LogP contribution in [0.1, 0.15) is 17.5 Å². The minimum atomic E-state index is -0.198. The van der Waals surface area contributed by atoms with Gasteiger partial charge < -0.3 is 10.2 Å². The first-order valence-electron chi connectivity index (χ1n) is 7.79. The fourth-order valence-electron chi connectivity index (χ4n) is 2.35. The Hall–Kier alpha value is -2.14. The number of hydrogen-bond acceptors (Lipinski definition) is 2. The van der Waals surface area contributed by atoms with Gasteiger partial charge in [0.1, 0.15) is 0 Å². The number of benzene rings is 2. The van der Waals surface area contributed by atoms with Gasteiger partial charge >= 0.3 is 0 Å². The first-order valence-corrected chi connectivity index (χ1v) is 8.59. The number of amides is 2. The lowest BCUT2D eigenvalue weighted by atomic mass is 10.1. The Bertz CT molecular complexity index is 717. The van der Waals surface area contributed by atoms with E-state index in [4.69, 9.17) is 0 Å². The van der Waals surface area contributed by atoms with Crippen molar-refractivity contribution in [2.75, 3.05) is 18.9 Å². The van der Waals surface area contributed by atoms with Crippen LogP contribution >= 0.6 is 15.9 Å². The topological polar surface area (TPSA) is 49.4 Å². The normalized spacial score (nSPS) is 10.3. The van der Waals surface area contributed by atoms with Crippen LogP contribution in [0, 0.1) is 6.92 Å². The molecule has 2 aromatic carbocycles. The summed E-state index contributed by atoms with van der Waals surface area (Å²) < 4.78 is 0.964. The van der Waals surface area contributed by atoms with Crippen LogP contribution in [0.5, 0.6) is 0 Å². The molecule has 0 heterocycles. The van der Waals surface area contributed by atoms with Gasteiger partial charge in [0.25, 0.3) is 0 Å². The van der Waals surface area contributed by atoms with Crippen LogP contribution in [0.2, 0.25) is 0 Å². The largest absolute Gasteiger partial charge is 0.336 e. The van der Waals surface area contributed by atoms with Gasteiger partial charge in [-0.3, -0.25) is 9.59 Å². The van der Waals surface area contributed by atoms with Crippen molar-refractivity contribution >= 4 is 33.4 Å². The molecule has 2 amide bonds. The maximum absolute atomic E-state index is 12.2. The van der Waals surface area contributed by atoms with Gasteiger partial charge in [-0.15, -0.1) is 0 Å². The van der Waals surface area contributed by atoms with E-state index in [0.717, 1.165) is 21.3 Å². The average Bonchev–Trinajstić information content (AvgIpc) is 2.56. The van der Waals surface area contributed by atoms with Crippen molar-refractivity contribution in [2.24, 2.45) is 0 Å². The van der Waals surface area contributed by atoms with E-state index in [9.17, 15) is 9.59 Å². The van der Waals surface area contributed by atoms with Gasteiger partial charge in [-0.25, -0.2) is 0 Å². The van der Waals surface area contributed by atoms with Crippen LogP contribution in [0.15, 0.2) is 53.0 Å². The molecule has 126 valence electrons. The smallest absolute Gasteiger partial charge is 0.243 e. The molecule has 0 atom stereocenters. The average molecular weight is 389 g/mol. The van der Waals surface area contributed by atoms with Crippen LogP contribution in [-0.2, 0) is 16.0 Å². The lowest BCUT2D eigenvalue weighted by Crippen LogP contribution is -2.35. The predicted octanol–water partition coefficient (Wildman–Crippen LogP) is 3.79. The number of aryl methyl sites for hydroxylation is 2. The van der Waals surface area contributed by atoms with Crippen LogP contribution in [-0.4, -0.2) is 30.3 Å². The monoisotopic (exact) mass is 388 g/mol. The quantitative estimate of drug-likeness (QED) is 0.818. The fourth-order valence-corrected chi connectivity index (χ4v) is 2.82. The summed E-state index contributed by atoms with van der Waals surface area (Å²) in [6.07, 6.45) is 1.07. The molecule has 0 saturated heterocycles. The van der Waals surface area contributed by atoms with E-state index < -0.39 is 0 Å². The van der Waals surface area contributed by atoms with E-state index in [-0.39, 0.29) is 18.4 Å². The van der Waals surface area contributed by atoms with Crippen LogP contribution in [0.4, 0.5) is 5.69 Å². The van der Waals surface area contributed by atoms with Crippen molar-refractivity contribution in [3.8, 4) is 0 Å². The second kappa shape index (κ2) is 8.64. The summed E-state index contributed by atoms with van der Waals surface area (Å²) in [5.41, 5.74) is 2.85. The molecule has 0 fully saturated rings. The van der Waals surface area contributed by atoms with E-state index in [2.05, 4.69) is 21.2 Å². The third kappa shape index (κ3) is 5.49. The second-order valence-corrected chi connectivity index (χ2v) is 6.66. The molecule has 0 bridgehead atoms. The first-order chi connectivity index (χ1) is 11.5. The zero-order valence-electron chi connectivity index (χ0n) is 13.9. The SMILES string of the molecule is Cc1cc(Br)ccc1NC(=O)CN(C)C(=O)CCc1ccccc1. The molecule has 0 unspecified atom stereocenters. The number of halogens is 1. The zero-order chi connectivity index (χ0) is 17.5. The lowest BCUT2D eigenvalue weighted by Gasteiger charge is -2.17. The van der Waals surface area contributed by atoms with Gasteiger partial charge in [-0.1, -0.05) is 46.3 Å². The summed E-state index contributed by atoms with van der Waals surface area (Å²) >= 11 is 3.39. The molecule has 0 aliphatic rings. The van der Waals surface area contributed by atoms with Crippen LogP contribution in [0.25, 0.3) is 0 Å². The Kier molecular flexibility index (Phi) is 6.55. The Morgan fingerprint density at radius 2 is 1.83 bits per heavy atom. The Labute approximate surface area is 151 Å². The molecule has 2 rings (SSSR count). The molecule has 0 aromatic heterocycles. The van der Waals surface area contributed by atoms with E-state index in [1.54, 1.807) is 7.05 Å². The number of rotatable bonds is 6. The van der Waals surface area contributed by atoms with E-state index in [0.29, 0.717) is 12.8 Å². The summed E-state index contributed by atoms with van der Waals surface area (Å²) in [4.78, 5) is 25.7. The summed E-state index contributed by atoms with van der Waals surface area (Å²) in [6, 6.07) is 15.5. The van der Waals surface area contributed by atoms with Crippen molar-refractivity contribution < 1.29 is 9.59 Å². The molecule has 1 N–H and O–H groups in total. The molecule has 2 aromatic rings. The van der Waals surface area contributed by atoms with Crippen molar-refractivity contribution in [1.29, 1.82) is 0 Å². The summed E-state index contributed by atoms with van der Waals surface area (Å²) in [5, 5.41) is 2.84. The molecule has 24 heavy (non-hydrogen) atoms. The van der Waals surface area contributed by atoms with Gasteiger partial charge in [0.2, 0.25) is 11.8 Å². The summed E-state index contributed by atoms with van der Waals surface area (Å²) in [5.74, 6) is -0.238. The molecule has 0 aliphatic carbocycles. The van der Waals surface area contributed by atoms with Gasteiger partial charge in [0.15, 0.2) is 0 Å². The van der Waals surface area contributed by atoms with Gasteiger partial charge in [0, 0.05) is 23.6 Å². The number of anilines is 1. The molecule has 0 radical (unpaired) electrons. The predicted molar refractivity (Wildman–Crippen MR) is 99.9 cm³/mol. The molecule has 0 saturated carbocycles. The summed E-state index contributed by atoms with van der Waals surface area (Å²) in [7, 11) is 1.65. The Morgan fingerprint density at radius 1 is 1.12 bits per heavy atom. The molecule has 0 spiro atoms. The number of hydrogen-bond donors (Lipinski definition) is 1. The maximum atomic E-state index is 12.2. The third-order valence-electron chi connectivity index (χ3n) is 3.74. The Balaban J connectivity index is 1.83.